The standard InChI is InChI=1S/C13H13BrN2O3/c1-8-3-4-9(14)5-12(8)19-7-11-10(13(17)18)6-15-16(11)2/h3-6H,7H2,1-2H3,(H,17,18). The van der Waals surface area contributed by atoms with Crippen LogP contribution in [0.15, 0.2) is 28.9 Å². The van der Waals surface area contributed by atoms with Gasteiger partial charge >= 0.3 is 5.97 Å². The second-order valence-electron chi connectivity index (χ2n) is 4.13. The molecule has 0 spiro atoms. The number of benzene rings is 1. The maximum Gasteiger partial charge on any atom is 0.339 e. The van der Waals surface area contributed by atoms with Crippen LogP contribution in [0.5, 0.6) is 5.75 Å². The van der Waals surface area contributed by atoms with Crippen molar-refractivity contribution >= 4 is 21.9 Å². The summed E-state index contributed by atoms with van der Waals surface area (Å²) in [6, 6.07) is 5.71. The monoisotopic (exact) mass is 324 g/mol. The van der Waals surface area contributed by atoms with Crippen molar-refractivity contribution in [1.82, 2.24) is 9.78 Å². The number of rotatable bonds is 4. The first kappa shape index (κ1) is 13.6. The molecular formula is C13H13BrN2O3. The van der Waals surface area contributed by atoms with Crippen LogP contribution in [0.3, 0.4) is 0 Å². The summed E-state index contributed by atoms with van der Waals surface area (Å²) in [7, 11) is 1.69. The van der Waals surface area contributed by atoms with Gasteiger partial charge in [0.25, 0.3) is 0 Å². The number of carboxylic acids is 1. The predicted molar refractivity (Wildman–Crippen MR) is 73.4 cm³/mol. The van der Waals surface area contributed by atoms with Gasteiger partial charge < -0.3 is 9.84 Å². The number of carbonyl (C=O) groups is 1. The van der Waals surface area contributed by atoms with Crippen LogP contribution < -0.4 is 4.74 Å². The van der Waals surface area contributed by atoms with E-state index in [9.17, 15) is 4.79 Å². The van der Waals surface area contributed by atoms with Crippen LogP contribution in [-0.2, 0) is 13.7 Å². The summed E-state index contributed by atoms with van der Waals surface area (Å²) in [4.78, 5) is 11.1. The summed E-state index contributed by atoms with van der Waals surface area (Å²) in [6.45, 7) is 2.10. The molecule has 100 valence electrons. The Hall–Kier alpha value is -1.82. The summed E-state index contributed by atoms with van der Waals surface area (Å²) in [5.41, 5.74) is 1.68. The molecule has 0 aliphatic heterocycles. The van der Waals surface area contributed by atoms with E-state index in [-0.39, 0.29) is 12.2 Å². The van der Waals surface area contributed by atoms with Gasteiger partial charge in [-0.1, -0.05) is 22.0 Å². The highest BCUT2D eigenvalue weighted by atomic mass is 79.9. The third kappa shape index (κ3) is 2.96. The lowest BCUT2D eigenvalue weighted by atomic mass is 10.2. The fourth-order valence-electron chi connectivity index (χ4n) is 1.69. The van der Waals surface area contributed by atoms with E-state index in [1.807, 2.05) is 25.1 Å². The van der Waals surface area contributed by atoms with Crippen LogP contribution in [-0.4, -0.2) is 20.9 Å². The molecule has 0 bridgehead atoms. The lowest BCUT2D eigenvalue weighted by Crippen LogP contribution is -2.08. The molecule has 6 heteroatoms. The Morgan fingerprint density at radius 3 is 2.95 bits per heavy atom. The van der Waals surface area contributed by atoms with Gasteiger partial charge in [-0.15, -0.1) is 0 Å². The third-order valence-electron chi connectivity index (χ3n) is 2.81. The summed E-state index contributed by atoms with van der Waals surface area (Å²) < 4.78 is 8.10. The second-order valence-corrected chi connectivity index (χ2v) is 5.05. The molecular weight excluding hydrogens is 312 g/mol. The largest absolute Gasteiger partial charge is 0.487 e. The summed E-state index contributed by atoms with van der Waals surface area (Å²) in [6.07, 6.45) is 1.33. The number of halogens is 1. The molecule has 0 saturated heterocycles. The van der Waals surface area contributed by atoms with Crippen LogP contribution in [0.1, 0.15) is 21.6 Å². The summed E-state index contributed by atoms with van der Waals surface area (Å²) >= 11 is 3.38. The van der Waals surface area contributed by atoms with Gasteiger partial charge in [-0.3, -0.25) is 4.68 Å². The van der Waals surface area contributed by atoms with Gasteiger partial charge in [0.1, 0.15) is 17.9 Å². The number of aryl methyl sites for hydroxylation is 2. The molecule has 1 aromatic heterocycles. The van der Waals surface area contributed by atoms with E-state index < -0.39 is 5.97 Å². The molecule has 0 saturated carbocycles. The van der Waals surface area contributed by atoms with Crippen molar-refractivity contribution in [3.63, 3.8) is 0 Å². The van der Waals surface area contributed by atoms with Crippen LogP contribution >= 0.6 is 15.9 Å². The number of nitrogens with zero attached hydrogens (tertiary/aromatic N) is 2. The topological polar surface area (TPSA) is 64.3 Å². The third-order valence-corrected chi connectivity index (χ3v) is 3.30. The first-order chi connectivity index (χ1) is 8.99. The molecule has 1 N–H and O–H groups in total. The highest BCUT2D eigenvalue weighted by Crippen LogP contribution is 2.24. The van der Waals surface area contributed by atoms with E-state index in [2.05, 4.69) is 21.0 Å². The van der Waals surface area contributed by atoms with Gasteiger partial charge in [0.15, 0.2) is 0 Å². The number of hydrogen-bond donors (Lipinski definition) is 1. The van der Waals surface area contributed by atoms with Gasteiger partial charge in [-0.05, 0) is 24.6 Å². The Morgan fingerprint density at radius 2 is 2.26 bits per heavy atom. The van der Waals surface area contributed by atoms with Crippen LogP contribution in [0.4, 0.5) is 0 Å². The molecule has 1 aromatic carbocycles. The molecule has 19 heavy (non-hydrogen) atoms. The molecule has 1 heterocycles. The highest BCUT2D eigenvalue weighted by molar-refractivity contribution is 9.10. The van der Waals surface area contributed by atoms with Gasteiger partial charge in [0.2, 0.25) is 0 Å². The quantitative estimate of drug-likeness (QED) is 0.939. The van der Waals surface area contributed by atoms with Gasteiger partial charge in [0, 0.05) is 11.5 Å². The summed E-state index contributed by atoms with van der Waals surface area (Å²) in [5, 5.41) is 13.0. The van der Waals surface area contributed by atoms with Crippen molar-refractivity contribution in [2.24, 2.45) is 7.05 Å². The Bertz CT molecular complexity index is 622. The zero-order chi connectivity index (χ0) is 14.0. The minimum atomic E-state index is -1.00. The van der Waals surface area contributed by atoms with Crippen molar-refractivity contribution < 1.29 is 14.6 Å². The van der Waals surface area contributed by atoms with Gasteiger partial charge in [-0.2, -0.15) is 5.10 Å². The normalized spacial score (nSPS) is 10.5. The first-order valence-corrected chi connectivity index (χ1v) is 6.41. The highest BCUT2D eigenvalue weighted by Gasteiger charge is 2.15. The number of hydrogen-bond acceptors (Lipinski definition) is 3. The molecule has 2 rings (SSSR count). The fraction of sp³-hybridized carbons (Fsp3) is 0.231. The van der Waals surface area contributed by atoms with Crippen molar-refractivity contribution in [1.29, 1.82) is 0 Å². The average Bonchev–Trinajstić information content (AvgIpc) is 2.72. The summed E-state index contributed by atoms with van der Waals surface area (Å²) in [5.74, 6) is -0.287. The van der Waals surface area contributed by atoms with Crippen molar-refractivity contribution in [3.05, 3.63) is 45.7 Å². The van der Waals surface area contributed by atoms with E-state index in [1.165, 1.54) is 10.9 Å². The van der Waals surface area contributed by atoms with E-state index >= 15 is 0 Å². The maximum atomic E-state index is 11.1. The number of ether oxygens (including phenoxy) is 1. The van der Waals surface area contributed by atoms with Crippen molar-refractivity contribution in [2.75, 3.05) is 0 Å². The lowest BCUT2D eigenvalue weighted by molar-refractivity contribution is 0.0693. The Kier molecular flexibility index (Phi) is 3.90. The molecule has 0 amide bonds. The Morgan fingerprint density at radius 1 is 1.53 bits per heavy atom. The van der Waals surface area contributed by atoms with E-state index in [0.717, 1.165) is 10.0 Å². The molecule has 0 unspecified atom stereocenters. The first-order valence-electron chi connectivity index (χ1n) is 5.62. The molecule has 0 atom stereocenters. The van der Waals surface area contributed by atoms with Crippen LogP contribution in [0, 0.1) is 6.92 Å². The minimum Gasteiger partial charge on any atom is -0.487 e. The van der Waals surface area contributed by atoms with Crippen LogP contribution in [0.2, 0.25) is 0 Å². The molecule has 0 radical (unpaired) electrons. The zero-order valence-corrected chi connectivity index (χ0v) is 12.1. The second kappa shape index (κ2) is 5.44. The van der Waals surface area contributed by atoms with Crippen molar-refractivity contribution in [2.45, 2.75) is 13.5 Å². The number of aromatic nitrogens is 2. The minimum absolute atomic E-state index is 0.162. The molecule has 0 fully saturated rings. The fourth-order valence-corrected chi connectivity index (χ4v) is 2.03. The molecule has 0 aliphatic rings. The SMILES string of the molecule is Cc1ccc(Br)cc1OCc1c(C(=O)O)cnn1C. The van der Waals surface area contributed by atoms with E-state index in [0.29, 0.717) is 11.4 Å². The van der Waals surface area contributed by atoms with Crippen LogP contribution in [0.25, 0.3) is 0 Å². The van der Waals surface area contributed by atoms with Gasteiger partial charge in [0.05, 0.1) is 11.9 Å². The van der Waals surface area contributed by atoms with Gasteiger partial charge in [-0.25, -0.2) is 4.79 Å². The van der Waals surface area contributed by atoms with E-state index in [1.54, 1.807) is 7.05 Å². The maximum absolute atomic E-state index is 11.1. The average molecular weight is 325 g/mol. The Labute approximate surface area is 118 Å². The van der Waals surface area contributed by atoms with Crippen molar-refractivity contribution in [3.8, 4) is 5.75 Å². The number of aromatic carboxylic acids is 1. The number of carboxylic acid groups (broad SMARTS) is 1. The Balaban J connectivity index is 2.21. The predicted octanol–water partition coefficient (Wildman–Crippen LogP) is 2.77. The van der Waals surface area contributed by atoms with E-state index in [4.69, 9.17) is 9.84 Å². The molecule has 0 aliphatic carbocycles. The smallest absolute Gasteiger partial charge is 0.339 e. The zero-order valence-electron chi connectivity index (χ0n) is 10.6. The molecule has 2 aromatic rings. The lowest BCUT2D eigenvalue weighted by Gasteiger charge is -2.10. The molecule has 5 nitrogen and oxygen atoms in total.